The van der Waals surface area contributed by atoms with Crippen LogP contribution in [-0.4, -0.2) is 21.9 Å². The Morgan fingerprint density at radius 2 is 1.81 bits per heavy atom. The fourth-order valence-electron chi connectivity index (χ4n) is 3.87. The fourth-order valence-corrected chi connectivity index (χ4v) is 6.15. The Kier molecular flexibility index (Phi) is 7.39. The zero-order chi connectivity index (χ0) is 25.2. The number of aryl methyl sites for hydroxylation is 2. The molecule has 3 aromatic carbocycles. The van der Waals surface area contributed by atoms with E-state index >= 15 is 0 Å². The van der Waals surface area contributed by atoms with Crippen molar-refractivity contribution in [2.75, 3.05) is 12.4 Å². The Morgan fingerprint density at radius 1 is 1.00 bits per heavy atom. The van der Waals surface area contributed by atoms with E-state index in [1.165, 1.54) is 34.2 Å². The Balaban J connectivity index is 1.51. The van der Waals surface area contributed by atoms with E-state index in [1.807, 2.05) is 35.7 Å². The summed E-state index contributed by atoms with van der Waals surface area (Å²) in [7, 11) is 0. The first kappa shape index (κ1) is 24.9. The third-order valence-electron chi connectivity index (χ3n) is 5.88. The van der Waals surface area contributed by atoms with Gasteiger partial charge >= 0.3 is 0 Å². The van der Waals surface area contributed by atoms with Gasteiger partial charge in [-0.25, -0.2) is 4.98 Å². The number of para-hydroxylation sites is 1. The minimum absolute atomic E-state index is 0.0788. The highest BCUT2D eigenvalue weighted by Crippen LogP contribution is 2.34. The summed E-state index contributed by atoms with van der Waals surface area (Å²) in [5.74, 6) is 1.15. The second kappa shape index (κ2) is 10.7. The Hall–Kier alpha value is -2.77. The molecule has 2 aromatic heterocycles. The quantitative estimate of drug-likeness (QED) is 0.116. The molecular formula is C28H22Cl2N2O2S2. The summed E-state index contributed by atoms with van der Waals surface area (Å²) in [6.45, 7) is 4.57. The molecule has 0 spiro atoms. The van der Waals surface area contributed by atoms with Gasteiger partial charge in [0.1, 0.15) is 10.6 Å². The SMILES string of the molecule is Cc1ccc(-c2csc3nc(SCCOc4ccc(Cl)cc4Cl)n(-c4ccccc4)c(=O)c23)cc1C. The van der Waals surface area contributed by atoms with Crippen molar-refractivity contribution >= 4 is 56.5 Å². The molecule has 0 radical (unpaired) electrons. The van der Waals surface area contributed by atoms with Gasteiger partial charge in [0, 0.05) is 21.7 Å². The van der Waals surface area contributed by atoms with E-state index in [0.717, 1.165) is 21.6 Å². The molecule has 0 aliphatic heterocycles. The van der Waals surface area contributed by atoms with Crippen LogP contribution in [0.1, 0.15) is 11.1 Å². The Bertz CT molecular complexity index is 1610. The number of fused-ring (bicyclic) bond motifs is 1. The van der Waals surface area contributed by atoms with Crippen molar-refractivity contribution in [3.05, 3.63) is 104 Å². The largest absolute Gasteiger partial charge is 0.491 e. The molecule has 0 saturated heterocycles. The van der Waals surface area contributed by atoms with E-state index in [-0.39, 0.29) is 5.56 Å². The lowest BCUT2D eigenvalue weighted by molar-refractivity contribution is 0.344. The van der Waals surface area contributed by atoms with Crippen LogP contribution in [0, 0.1) is 13.8 Å². The van der Waals surface area contributed by atoms with Crippen molar-refractivity contribution in [3.8, 4) is 22.6 Å². The molecule has 0 atom stereocenters. The number of hydrogen-bond acceptors (Lipinski definition) is 5. The van der Waals surface area contributed by atoms with Crippen LogP contribution in [0.25, 0.3) is 27.0 Å². The minimum atomic E-state index is -0.0788. The average Bonchev–Trinajstić information content (AvgIpc) is 3.29. The molecule has 36 heavy (non-hydrogen) atoms. The minimum Gasteiger partial charge on any atom is -0.491 e. The van der Waals surface area contributed by atoms with E-state index in [1.54, 1.807) is 22.8 Å². The molecule has 2 heterocycles. The lowest BCUT2D eigenvalue weighted by Gasteiger charge is -2.13. The van der Waals surface area contributed by atoms with Crippen molar-refractivity contribution in [1.29, 1.82) is 0 Å². The number of thiophene rings is 1. The van der Waals surface area contributed by atoms with Crippen LogP contribution in [-0.2, 0) is 0 Å². The normalized spacial score (nSPS) is 11.2. The lowest BCUT2D eigenvalue weighted by Crippen LogP contribution is -2.21. The number of aromatic nitrogens is 2. The summed E-state index contributed by atoms with van der Waals surface area (Å²) in [5.41, 5.74) is 5.05. The van der Waals surface area contributed by atoms with Gasteiger partial charge in [-0.05, 0) is 60.9 Å². The highest BCUT2D eigenvalue weighted by atomic mass is 35.5. The first-order valence-electron chi connectivity index (χ1n) is 11.3. The molecule has 5 rings (SSSR count). The van der Waals surface area contributed by atoms with E-state index in [0.29, 0.717) is 38.7 Å². The van der Waals surface area contributed by atoms with Crippen molar-refractivity contribution in [2.24, 2.45) is 0 Å². The zero-order valence-corrected chi connectivity index (χ0v) is 22.8. The van der Waals surface area contributed by atoms with Gasteiger partial charge in [0.15, 0.2) is 5.16 Å². The smallest absolute Gasteiger partial charge is 0.268 e. The van der Waals surface area contributed by atoms with Crippen LogP contribution in [0.15, 0.2) is 82.1 Å². The van der Waals surface area contributed by atoms with Crippen LogP contribution in [0.2, 0.25) is 10.0 Å². The molecule has 0 N–H and O–H groups in total. The van der Waals surface area contributed by atoms with E-state index < -0.39 is 0 Å². The van der Waals surface area contributed by atoms with Crippen LogP contribution < -0.4 is 10.3 Å². The van der Waals surface area contributed by atoms with Crippen LogP contribution in [0.4, 0.5) is 0 Å². The maximum absolute atomic E-state index is 13.9. The zero-order valence-electron chi connectivity index (χ0n) is 19.6. The van der Waals surface area contributed by atoms with Crippen molar-refractivity contribution in [2.45, 2.75) is 19.0 Å². The van der Waals surface area contributed by atoms with E-state index in [9.17, 15) is 4.79 Å². The predicted octanol–water partition coefficient (Wildman–Crippen LogP) is 8.21. The summed E-state index contributed by atoms with van der Waals surface area (Å²) < 4.78 is 7.53. The highest BCUT2D eigenvalue weighted by Gasteiger charge is 2.19. The maximum atomic E-state index is 13.9. The predicted molar refractivity (Wildman–Crippen MR) is 153 cm³/mol. The molecule has 0 fully saturated rings. The van der Waals surface area contributed by atoms with Gasteiger partial charge in [-0.15, -0.1) is 11.3 Å². The topological polar surface area (TPSA) is 44.1 Å². The molecule has 0 unspecified atom stereocenters. The second-order valence-corrected chi connectivity index (χ2v) is 11.0. The second-order valence-electron chi connectivity index (χ2n) is 8.27. The molecule has 0 aliphatic rings. The molecule has 4 nitrogen and oxygen atoms in total. The van der Waals surface area contributed by atoms with Crippen LogP contribution in [0.3, 0.4) is 0 Å². The molecule has 8 heteroatoms. The summed E-state index contributed by atoms with van der Waals surface area (Å²) >= 11 is 15.1. The summed E-state index contributed by atoms with van der Waals surface area (Å²) in [4.78, 5) is 19.6. The van der Waals surface area contributed by atoms with Gasteiger partial charge in [-0.3, -0.25) is 9.36 Å². The molecule has 0 aliphatic carbocycles. The number of thioether (sulfide) groups is 1. The van der Waals surface area contributed by atoms with Gasteiger partial charge in [0.2, 0.25) is 0 Å². The van der Waals surface area contributed by atoms with Crippen LogP contribution >= 0.6 is 46.3 Å². The number of hydrogen-bond donors (Lipinski definition) is 0. The number of rotatable bonds is 7. The first-order chi connectivity index (χ1) is 17.4. The highest BCUT2D eigenvalue weighted by molar-refractivity contribution is 7.99. The summed E-state index contributed by atoms with van der Waals surface area (Å²) in [5, 5.41) is 4.31. The molecular weight excluding hydrogens is 531 g/mol. The number of benzene rings is 3. The average molecular weight is 554 g/mol. The van der Waals surface area contributed by atoms with Crippen molar-refractivity contribution in [3.63, 3.8) is 0 Å². The van der Waals surface area contributed by atoms with Crippen LogP contribution in [0.5, 0.6) is 5.75 Å². The number of halogens is 2. The molecule has 0 amide bonds. The molecule has 0 saturated carbocycles. The Morgan fingerprint density at radius 3 is 2.56 bits per heavy atom. The van der Waals surface area contributed by atoms with Gasteiger partial charge in [-0.1, -0.05) is 71.4 Å². The molecule has 0 bridgehead atoms. The Labute approximate surface area is 227 Å². The lowest BCUT2D eigenvalue weighted by atomic mass is 10.0. The van der Waals surface area contributed by atoms with E-state index in [4.69, 9.17) is 32.9 Å². The first-order valence-corrected chi connectivity index (χ1v) is 13.9. The third-order valence-corrected chi connectivity index (χ3v) is 8.18. The maximum Gasteiger partial charge on any atom is 0.268 e. The fraction of sp³-hybridized carbons (Fsp3) is 0.143. The molecule has 182 valence electrons. The summed E-state index contributed by atoms with van der Waals surface area (Å²) in [6.07, 6.45) is 0. The van der Waals surface area contributed by atoms with Crippen molar-refractivity contribution < 1.29 is 4.74 Å². The van der Waals surface area contributed by atoms with Gasteiger partial charge in [-0.2, -0.15) is 0 Å². The monoisotopic (exact) mass is 552 g/mol. The summed E-state index contributed by atoms with van der Waals surface area (Å²) in [6, 6.07) is 21.0. The standard InChI is InChI=1S/C28H22Cl2N2O2S2/c1-17-8-9-19(14-18(17)2)22-16-36-26-25(22)27(33)32(21-6-4-3-5-7-21)28(31-26)35-13-12-34-24-11-10-20(29)15-23(24)30/h3-11,14-16H,12-13H2,1-2H3. The van der Waals surface area contributed by atoms with Gasteiger partial charge in [0.05, 0.1) is 22.7 Å². The number of ether oxygens (including phenoxy) is 1. The van der Waals surface area contributed by atoms with E-state index in [2.05, 4.69) is 32.0 Å². The number of nitrogens with zero attached hydrogens (tertiary/aromatic N) is 2. The van der Waals surface area contributed by atoms with Gasteiger partial charge in [0.25, 0.3) is 5.56 Å². The molecule has 5 aromatic rings. The third kappa shape index (κ3) is 5.04. The van der Waals surface area contributed by atoms with Gasteiger partial charge < -0.3 is 4.74 Å². The van der Waals surface area contributed by atoms with Crippen molar-refractivity contribution in [1.82, 2.24) is 9.55 Å².